The number of carbonyl (C=O) groups is 1. The first-order valence-corrected chi connectivity index (χ1v) is 11.0. The van der Waals surface area contributed by atoms with E-state index in [2.05, 4.69) is 0 Å². The molecule has 0 aromatic carbocycles. The highest BCUT2D eigenvalue weighted by molar-refractivity contribution is 5.72. The van der Waals surface area contributed by atoms with Crippen molar-refractivity contribution < 1.29 is 49.3 Å². The molecule has 176 valence electrons. The van der Waals surface area contributed by atoms with Gasteiger partial charge in [-0.3, -0.25) is 4.79 Å². The second kappa shape index (κ2) is 6.60. The molecule has 31 heavy (non-hydrogen) atoms. The molecule has 2 bridgehead atoms. The van der Waals surface area contributed by atoms with E-state index in [1.807, 2.05) is 20.8 Å². The maximum absolute atomic E-state index is 12.7. The first-order valence-electron chi connectivity index (χ1n) is 11.0. The Kier molecular flexibility index (Phi) is 4.68. The summed E-state index contributed by atoms with van der Waals surface area (Å²) in [5.41, 5.74) is -2.41. The van der Waals surface area contributed by atoms with Crippen LogP contribution in [0.1, 0.15) is 40.0 Å². The van der Waals surface area contributed by atoms with Crippen molar-refractivity contribution in [1.29, 1.82) is 0 Å². The van der Waals surface area contributed by atoms with Gasteiger partial charge in [0.25, 0.3) is 0 Å². The first kappa shape index (κ1) is 22.0. The molecule has 5 rings (SSSR count). The van der Waals surface area contributed by atoms with Crippen LogP contribution in [0.3, 0.4) is 0 Å². The summed E-state index contributed by atoms with van der Waals surface area (Å²) >= 11 is 0. The predicted molar refractivity (Wildman–Crippen MR) is 101 cm³/mol. The lowest BCUT2D eigenvalue weighted by molar-refractivity contribution is -0.349. The molecule has 5 fully saturated rings. The fourth-order valence-electron chi connectivity index (χ4n) is 7.39. The normalized spacial score (nSPS) is 60.6. The van der Waals surface area contributed by atoms with Gasteiger partial charge in [0.2, 0.25) is 0 Å². The Labute approximate surface area is 180 Å². The molecule has 4 aliphatic heterocycles. The van der Waals surface area contributed by atoms with Crippen LogP contribution in [0.5, 0.6) is 0 Å². The molecule has 1 spiro atoms. The number of carbonyl (C=O) groups excluding carboxylic acids is 1. The van der Waals surface area contributed by atoms with Crippen LogP contribution in [0, 0.1) is 22.7 Å². The van der Waals surface area contributed by atoms with E-state index in [0.717, 1.165) is 6.42 Å². The second-order valence-corrected chi connectivity index (χ2v) is 10.4. The number of cyclic esters (lactones) is 1. The fourth-order valence-corrected chi connectivity index (χ4v) is 7.39. The average molecular weight is 444 g/mol. The highest BCUT2D eigenvalue weighted by atomic mass is 16.7. The van der Waals surface area contributed by atoms with Crippen LogP contribution in [0.25, 0.3) is 0 Å². The SMILES string of the molecule is C[C@@H]1CC[C@@]23O[C@@]4(O)[C@@H](O[C@@H]5O[C@H](CO)[C@@H](O)[C@H](O)[C@H]5O)[C@@]12CC(=O)OC[C@]3(C)[C@@H]4C. The summed E-state index contributed by atoms with van der Waals surface area (Å²) in [4.78, 5) is 12.7. The molecule has 1 aliphatic carbocycles. The van der Waals surface area contributed by atoms with Crippen molar-refractivity contribution in [3.05, 3.63) is 0 Å². The summed E-state index contributed by atoms with van der Waals surface area (Å²) in [5.74, 6) is -2.68. The molecule has 0 aromatic rings. The third-order valence-electron chi connectivity index (χ3n) is 9.33. The van der Waals surface area contributed by atoms with Gasteiger partial charge >= 0.3 is 5.97 Å². The molecule has 0 amide bonds. The lowest BCUT2D eigenvalue weighted by Gasteiger charge is -2.55. The van der Waals surface area contributed by atoms with Crippen LogP contribution >= 0.6 is 0 Å². The monoisotopic (exact) mass is 444 g/mol. The Hall–Kier alpha value is -0.850. The number of fused-ring (bicyclic) bond motifs is 1. The Morgan fingerprint density at radius 3 is 2.55 bits per heavy atom. The van der Waals surface area contributed by atoms with Gasteiger partial charge in [-0.25, -0.2) is 0 Å². The molecule has 10 nitrogen and oxygen atoms in total. The number of hydrogen-bond donors (Lipinski definition) is 5. The van der Waals surface area contributed by atoms with Gasteiger partial charge in [-0.1, -0.05) is 20.8 Å². The minimum absolute atomic E-state index is 0.0130. The van der Waals surface area contributed by atoms with Crippen molar-refractivity contribution in [2.24, 2.45) is 22.7 Å². The van der Waals surface area contributed by atoms with Gasteiger partial charge in [0.05, 0.1) is 25.2 Å². The number of rotatable bonds is 3. The van der Waals surface area contributed by atoms with E-state index in [9.17, 15) is 30.3 Å². The lowest BCUT2D eigenvalue weighted by atomic mass is 9.48. The minimum atomic E-state index is -1.77. The Morgan fingerprint density at radius 1 is 1.16 bits per heavy atom. The van der Waals surface area contributed by atoms with Gasteiger partial charge in [0.15, 0.2) is 12.1 Å². The molecule has 5 N–H and O–H groups in total. The van der Waals surface area contributed by atoms with Gasteiger partial charge < -0.3 is 44.5 Å². The van der Waals surface area contributed by atoms with Gasteiger partial charge in [0.1, 0.15) is 30.5 Å². The summed E-state index contributed by atoms with van der Waals surface area (Å²) in [6.45, 7) is 5.35. The van der Waals surface area contributed by atoms with Crippen LogP contribution in [0.4, 0.5) is 0 Å². The van der Waals surface area contributed by atoms with E-state index in [0.29, 0.717) is 6.42 Å². The van der Waals surface area contributed by atoms with Crippen molar-refractivity contribution >= 4 is 5.97 Å². The largest absolute Gasteiger partial charge is 0.465 e. The van der Waals surface area contributed by atoms with Crippen LogP contribution in [0.15, 0.2) is 0 Å². The summed E-state index contributed by atoms with van der Waals surface area (Å²) in [7, 11) is 0. The van der Waals surface area contributed by atoms with Crippen LogP contribution in [0.2, 0.25) is 0 Å². The molecule has 1 saturated carbocycles. The molecule has 0 radical (unpaired) electrons. The maximum Gasteiger partial charge on any atom is 0.306 e. The molecule has 0 aromatic heterocycles. The summed E-state index contributed by atoms with van der Waals surface area (Å²) < 4.78 is 23.7. The first-order chi connectivity index (χ1) is 14.5. The van der Waals surface area contributed by atoms with Gasteiger partial charge in [-0.05, 0) is 18.8 Å². The summed E-state index contributed by atoms with van der Waals surface area (Å²) in [5, 5.41) is 52.1. The zero-order valence-corrected chi connectivity index (χ0v) is 17.9. The van der Waals surface area contributed by atoms with Gasteiger partial charge in [0, 0.05) is 16.7 Å². The van der Waals surface area contributed by atoms with Crippen molar-refractivity contribution in [1.82, 2.24) is 0 Å². The van der Waals surface area contributed by atoms with Crippen molar-refractivity contribution in [3.8, 4) is 0 Å². The van der Waals surface area contributed by atoms with E-state index in [1.165, 1.54) is 0 Å². The average Bonchev–Trinajstić information content (AvgIpc) is 3.17. The molecule has 4 heterocycles. The maximum atomic E-state index is 12.7. The third kappa shape index (κ3) is 2.32. The third-order valence-corrected chi connectivity index (χ3v) is 9.33. The summed E-state index contributed by atoms with van der Waals surface area (Å²) in [6.07, 6.45) is -7.01. The van der Waals surface area contributed by atoms with E-state index >= 15 is 0 Å². The number of hydrogen-bond acceptors (Lipinski definition) is 10. The van der Waals surface area contributed by atoms with Crippen LogP contribution < -0.4 is 0 Å². The Balaban J connectivity index is 1.59. The van der Waals surface area contributed by atoms with E-state index < -0.39 is 77.5 Å². The van der Waals surface area contributed by atoms with E-state index in [1.54, 1.807) is 0 Å². The van der Waals surface area contributed by atoms with Crippen molar-refractivity contribution in [2.45, 2.75) is 88.2 Å². The Morgan fingerprint density at radius 2 is 1.87 bits per heavy atom. The Bertz CT molecular complexity index is 775. The van der Waals surface area contributed by atoms with Crippen LogP contribution in [-0.2, 0) is 23.7 Å². The molecule has 4 saturated heterocycles. The van der Waals surface area contributed by atoms with Crippen LogP contribution in [-0.4, -0.2) is 92.9 Å². The molecule has 5 aliphatic rings. The number of aliphatic hydroxyl groups is 5. The molecule has 10 heteroatoms. The predicted octanol–water partition coefficient (Wildman–Crippen LogP) is -1.35. The molecular formula is C21H32O10. The zero-order valence-electron chi connectivity index (χ0n) is 17.9. The second-order valence-electron chi connectivity index (χ2n) is 10.4. The number of ether oxygens (including phenoxy) is 4. The zero-order chi connectivity index (χ0) is 22.6. The van der Waals surface area contributed by atoms with E-state index in [4.69, 9.17) is 18.9 Å². The van der Waals surface area contributed by atoms with Gasteiger partial charge in [-0.15, -0.1) is 0 Å². The summed E-state index contributed by atoms with van der Waals surface area (Å²) in [6, 6.07) is 0. The van der Waals surface area contributed by atoms with Crippen molar-refractivity contribution in [2.75, 3.05) is 13.2 Å². The minimum Gasteiger partial charge on any atom is -0.465 e. The number of esters is 1. The lowest BCUT2D eigenvalue weighted by Crippen LogP contribution is -2.68. The molecule has 0 unspecified atom stereocenters. The molecule has 12 atom stereocenters. The number of aliphatic hydroxyl groups excluding tert-OH is 4. The topological polar surface area (TPSA) is 155 Å². The quantitative estimate of drug-likeness (QED) is 0.330. The smallest absolute Gasteiger partial charge is 0.306 e. The fraction of sp³-hybridized carbons (Fsp3) is 0.952. The highest BCUT2D eigenvalue weighted by Gasteiger charge is 2.89. The highest BCUT2D eigenvalue weighted by Crippen LogP contribution is 2.79. The molecular weight excluding hydrogens is 412 g/mol. The van der Waals surface area contributed by atoms with Gasteiger partial charge in [-0.2, -0.15) is 0 Å². The standard InChI is InChI=1S/C21H32O10/c1-9-4-5-20-18(3)8-28-12(23)6-19(9,20)17(21(27,31-20)10(18)2)30-16-15(26)14(25)13(24)11(7-22)29-16/h9-11,13-17,22,24-27H,4-8H2,1-3H3/t9-,10+,11-,13-,14+,15-,16+,17+,18-,19-,20+,21-/m1/s1. The van der Waals surface area contributed by atoms with E-state index in [-0.39, 0.29) is 18.9 Å². The van der Waals surface area contributed by atoms with Crippen molar-refractivity contribution in [3.63, 3.8) is 0 Å².